The molecule has 0 saturated carbocycles. The number of pyridine rings is 1. The summed E-state index contributed by atoms with van der Waals surface area (Å²) in [5.41, 5.74) is 4.80. The highest BCUT2D eigenvalue weighted by atomic mass is 19.1. The van der Waals surface area contributed by atoms with Crippen molar-refractivity contribution in [2.24, 2.45) is 0 Å². The zero-order valence-corrected chi connectivity index (χ0v) is 17.5. The Morgan fingerprint density at radius 1 is 1.20 bits per heavy atom. The summed E-state index contributed by atoms with van der Waals surface area (Å²) in [5, 5.41) is 28.8. The molecule has 30 heavy (non-hydrogen) atoms. The molecule has 0 radical (unpaired) electrons. The van der Waals surface area contributed by atoms with Gasteiger partial charge < -0.3 is 15.3 Å². The van der Waals surface area contributed by atoms with E-state index < -0.39 is 24.6 Å². The summed E-state index contributed by atoms with van der Waals surface area (Å²) in [6.07, 6.45) is 2.23. The average Bonchev–Trinajstić information content (AvgIpc) is 2.66. The summed E-state index contributed by atoms with van der Waals surface area (Å²) in [4.78, 5) is 15.4. The number of aliphatic hydroxyl groups is 2. The topological polar surface area (TPSA) is 90.7 Å². The third-order valence-corrected chi connectivity index (χ3v) is 4.79. The minimum atomic E-state index is -1.15. The maximum Gasteiger partial charge on any atom is 0.305 e. The first kappa shape index (κ1) is 23.4. The maximum absolute atomic E-state index is 13.5. The predicted octanol–water partition coefficient (Wildman–Crippen LogP) is 4.56. The molecule has 2 aromatic rings. The van der Waals surface area contributed by atoms with Crippen molar-refractivity contribution in [3.63, 3.8) is 0 Å². The van der Waals surface area contributed by atoms with Crippen molar-refractivity contribution < 1.29 is 24.5 Å². The summed E-state index contributed by atoms with van der Waals surface area (Å²) in [6.45, 7) is 9.80. The number of nitrogens with zero attached hydrogens (tertiary/aromatic N) is 1. The van der Waals surface area contributed by atoms with Gasteiger partial charge >= 0.3 is 5.97 Å². The lowest BCUT2D eigenvalue weighted by atomic mass is 9.89. The fourth-order valence-corrected chi connectivity index (χ4v) is 3.39. The molecule has 0 fully saturated rings. The van der Waals surface area contributed by atoms with Gasteiger partial charge in [0.1, 0.15) is 5.82 Å². The Labute approximate surface area is 176 Å². The average molecular weight is 413 g/mol. The second-order valence-corrected chi connectivity index (χ2v) is 7.56. The molecule has 6 heteroatoms. The number of aryl methyl sites for hydroxylation is 1. The van der Waals surface area contributed by atoms with Gasteiger partial charge in [0.15, 0.2) is 0 Å². The van der Waals surface area contributed by atoms with E-state index in [0.717, 1.165) is 33.6 Å². The molecule has 0 unspecified atom stereocenters. The zero-order chi connectivity index (χ0) is 22.4. The van der Waals surface area contributed by atoms with Crippen molar-refractivity contribution in [2.45, 2.75) is 51.7 Å². The molecule has 2 rings (SSSR count). The number of hydrogen-bond acceptors (Lipinski definition) is 4. The van der Waals surface area contributed by atoms with Gasteiger partial charge in [0.05, 0.1) is 24.3 Å². The molecule has 5 nitrogen and oxygen atoms in total. The van der Waals surface area contributed by atoms with Crippen LogP contribution in [-0.4, -0.2) is 38.5 Å². The Hall–Kier alpha value is -2.83. The van der Waals surface area contributed by atoms with Crippen LogP contribution >= 0.6 is 0 Å². The Morgan fingerprint density at radius 2 is 1.83 bits per heavy atom. The van der Waals surface area contributed by atoms with E-state index >= 15 is 0 Å². The van der Waals surface area contributed by atoms with Gasteiger partial charge in [-0.05, 0) is 36.1 Å². The van der Waals surface area contributed by atoms with Crippen LogP contribution in [0, 0.1) is 12.7 Å². The number of aliphatic hydroxyl groups excluding tert-OH is 2. The van der Waals surface area contributed by atoms with Crippen molar-refractivity contribution in [3.8, 4) is 11.1 Å². The van der Waals surface area contributed by atoms with Crippen LogP contribution in [0.25, 0.3) is 23.3 Å². The first-order valence-corrected chi connectivity index (χ1v) is 9.83. The second-order valence-electron chi connectivity index (χ2n) is 7.56. The van der Waals surface area contributed by atoms with E-state index in [1.54, 1.807) is 24.3 Å². The van der Waals surface area contributed by atoms with Gasteiger partial charge in [0.2, 0.25) is 0 Å². The van der Waals surface area contributed by atoms with Gasteiger partial charge in [-0.2, -0.15) is 0 Å². The van der Waals surface area contributed by atoms with E-state index in [1.807, 2.05) is 20.8 Å². The van der Waals surface area contributed by atoms with Gasteiger partial charge in [0.25, 0.3) is 0 Å². The van der Waals surface area contributed by atoms with Crippen molar-refractivity contribution in [1.82, 2.24) is 4.98 Å². The fourth-order valence-electron chi connectivity index (χ4n) is 3.39. The molecule has 1 heterocycles. The highest BCUT2D eigenvalue weighted by Gasteiger charge is 2.19. The van der Waals surface area contributed by atoms with Crippen LogP contribution in [0.2, 0.25) is 0 Å². The van der Waals surface area contributed by atoms with Crippen molar-refractivity contribution >= 4 is 18.1 Å². The minimum absolute atomic E-state index is 0.0798. The number of aromatic nitrogens is 1. The van der Waals surface area contributed by atoms with E-state index in [4.69, 9.17) is 10.1 Å². The van der Waals surface area contributed by atoms with Gasteiger partial charge in [-0.15, -0.1) is 0 Å². The zero-order valence-electron chi connectivity index (χ0n) is 17.5. The number of aliphatic carboxylic acids is 1. The van der Waals surface area contributed by atoms with E-state index in [9.17, 15) is 19.4 Å². The summed E-state index contributed by atoms with van der Waals surface area (Å²) in [5.74, 6) is -1.39. The summed E-state index contributed by atoms with van der Waals surface area (Å²) >= 11 is 0. The van der Waals surface area contributed by atoms with Crippen LogP contribution in [-0.2, 0) is 4.79 Å². The normalized spacial score (nSPS) is 13.6. The molecule has 0 aliphatic carbocycles. The Morgan fingerprint density at radius 3 is 2.37 bits per heavy atom. The number of hydrogen-bond donors (Lipinski definition) is 3. The number of carboxylic acid groups (broad SMARTS) is 1. The molecule has 2 atom stereocenters. The molecule has 0 amide bonds. The Kier molecular flexibility index (Phi) is 8.03. The molecular weight excluding hydrogens is 385 g/mol. The molecule has 160 valence electrons. The second kappa shape index (κ2) is 10.3. The van der Waals surface area contributed by atoms with E-state index in [-0.39, 0.29) is 18.2 Å². The van der Waals surface area contributed by atoms with Crippen LogP contribution < -0.4 is 0 Å². The van der Waals surface area contributed by atoms with E-state index in [0.29, 0.717) is 0 Å². The SMILES string of the molecule is C=Cc1c(C)nc(C(C)C)c(/C=C/[C@H](O)C[C@H](O)CC(=O)O)c1-c1ccc(F)cc1. The van der Waals surface area contributed by atoms with Gasteiger partial charge in [-0.3, -0.25) is 9.78 Å². The highest BCUT2D eigenvalue weighted by Crippen LogP contribution is 2.35. The summed E-state index contributed by atoms with van der Waals surface area (Å²) < 4.78 is 13.5. The van der Waals surface area contributed by atoms with Crippen molar-refractivity contribution in [1.29, 1.82) is 0 Å². The van der Waals surface area contributed by atoms with Crippen LogP contribution in [0.3, 0.4) is 0 Å². The number of benzene rings is 1. The number of carboxylic acids is 1. The summed E-state index contributed by atoms with van der Waals surface area (Å²) in [6, 6.07) is 6.15. The van der Waals surface area contributed by atoms with Crippen LogP contribution in [0.1, 0.15) is 55.1 Å². The molecule has 0 bridgehead atoms. The highest BCUT2D eigenvalue weighted by molar-refractivity contribution is 5.85. The van der Waals surface area contributed by atoms with E-state index in [2.05, 4.69) is 6.58 Å². The lowest BCUT2D eigenvalue weighted by Gasteiger charge is -2.20. The molecule has 0 saturated heterocycles. The maximum atomic E-state index is 13.5. The lowest BCUT2D eigenvalue weighted by Crippen LogP contribution is -2.19. The molecular formula is C24H28FNO4. The molecule has 1 aromatic carbocycles. The first-order valence-electron chi connectivity index (χ1n) is 9.83. The summed E-state index contributed by atoms with van der Waals surface area (Å²) in [7, 11) is 0. The molecule has 3 N–H and O–H groups in total. The molecule has 0 spiro atoms. The molecule has 0 aliphatic heterocycles. The number of halogens is 1. The van der Waals surface area contributed by atoms with Crippen LogP contribution in [0.4, 0.5) is 4.39 Å². The first-order chi connectivity index (χ1) is 14.1. The largest absolute Gasteiger partial charge is 0.481 e. The monoisotopic (exact) mass is 413 g/mol. The Balaban J connectivity index is 2.56. The fraction of sp³-hybridized carbons (Fsp3) is 0.333. The Bertz CT molecular complexity index is 935. The van der Waals surface area contributed by atoms with Crippen LogP contribution in [0.15, 0.2) is 36.9 Å². The smallest absolute Gasteiger partial charge is 0.305 e. The van der Waals surface area contributed by atoms with Crippen molar-refractivity contribution in [2.75, 3.05) is 0 Å². The van der Waals surface area contributed by atoms with Gasteiger partial charge in [-0.1, -0.05) is 50.8 Å². The van der Waals surface area contributed by atoms with Gasteiger partial charge in [0, 0.05) is 23.2 Å². The number of carbonyl (C=O) groups is 1. The minimum Gasteiger partial charge on any atom is -0.481 e. The lowest BCUT2D eigenvalue weighted by molar-refractivity contribution is -0.139. The third kappa shape index (κ3) is 5.84. The van der Waals surface area contributed by atoms with Gasteiger partial charge in [-0.25, -0.2) is 4.39 Å². The molecule has 1 aromatic heterocycles. The standard InChI is InChI=1S/C24H28FNO4/c1-5-20-15(4)26-24(14(2)3)21(23(20)16-6-8-17(25)9-7-16)11-10-18(27)12-19(28)13-22(29)30/h5-11,14,18-19,27-28H,1,12-13H2,2-4H3,(H,29,30)/b11-10+/t18-,19-/m0/s1. The van der Waals surface area contributed by atoms with E-state index in [1.165, 1.54) is 18.2 Å². The quantitative estimate of drug-likeness (QED) is 0.561. The van der Waals surface area contributed by atoms with Crippen molar-refractivity contribution in [3.05, 3.63) is 65.3 Å². The van der Waals surface area contributed by atoms with Crippen LogP contribution in [0.5, 0.6) is 0 Å². The number of rotatable bonds is 9. The third-order valence-electron chi connectivity index (χ3n) is 4.79. The predicted molar refractivity (Wildman–Crippen MR) is 116 cm³/mol. The molecule has 0 aliphatic rings.